The van der Waals surface area contributed by atoms with E-state index in [4.69, 9.17) is 0 Å². The summed E-state index contributed by atoms with van der Waals surface area (Å²) >= 11 is -0.125. The van der Waals surface area contributed by atoms with Crippen LogP contribution < -0.4 is 10.6 Å². The highest BCUT2D eigenvalue weighted by Crippen LogP contribution is 2.29. The van der Waals surface area contributed by atoms with Crippen molar-refractivity contribution in [3.05, 3.63) is 24.0 Å². The second-order valence-corrected chi connectivity index (χ2v) is 5.99. The monoisotopic (exact) mass is 321 g/mol. The van der Waals surface area contributed by atoms with Crippen LogP contribution in [0.15, 0.2) is 18.3 Å². The third-order valence-corrected chi connectivity index (χ3v) is 4.10. The van der Waals surface area contributed by atoms with E-state index in [1.807, 2.05) is 10.8 Å². The molecule has 0 aromatic carbocycles. The van der Waals surface area contributed by atoms with E-state index in [9.17, 15) is 18.0 Å². The van der Waals surface area contributed by atoms with E-state index in [2.05, 4.69) is 10.6 Å². The fraction of sp³-hybridized carbons (Fsp3) is 0.615. The number of nitrogens with zero attached hydrogens (tertiary/aromatic N) is 1. The number of halogens is 3. The number of thioether (sulfide) groups is 1. The number of alkyl halides is 3. The summed E-state index contributed by atoms with van der Waals surface area (Å²) in [6, 6.07) is 3.77. The van der Waals surface area contributed by atoms with E-state index >= 15 is 0 Å². The Hall–Kier alpha value is -1.15. The van der Waals surface area contributed by atoms with Gasteiger partial charge in [-0.1, -0.05) is 0 Å². The van der Waals surface area contributed by atoms with Crippen LogP contribution in [0.5, 0.6) is 0 Å². The van der Waals surface area contributed by atoms with Gasteiger partial charge in [0.25, 0.3) is 5.91 Å². The lowest BCUT2D eigenvalue weighted by atomic mass is 10.1. The van der Waals surface area contributed by atoms with Gasteiger partial charge in [0.2, 0.25) is 0 Å². The highest BCUT2D eigenvalue weighted by molar-refractivity contribution is 8.00. The lowest BCUT2D eigenvalue weighted by Crippen LogP contribution is -2.33. The number of hydrogen-bond acceptors (Lipinski definition) is 3. The van der Waals surface area contributed by atoms with Gasteiger partial charge in [0, 0.05) is 24.5 Å². The molecule has 0 atom stereocenters. The summed E-state index contributed by atoms with van der Waals surface area (Å²) in [7, 11) is 0. The summed E-state index contributed by atoms with van der Waals surface area (Å²) in [6.45, 7) is 1.82. The van der Waals surface area contributed by atoms with Crippen molar-refractivity contribution in [2.45, 2.75) is 24.4 Å². The molecule has 4 nitrogen and oxygen atoms in total. The van der Waals surface area contributed by atoms with Gasteiger partial charge in [-0.3, -0.25) is 4.79 Å². The van der Waals surface area contributed by atoms with Gasteiger partial charge in [-0.2, -0.15) is 13.2 Å². The van der Waals surface area contributed by atoms with Gasteiger partial charge in [-0.15, -0.1) is 0 Å². The number of rotatable bonds is 5. The van der Waals surface area contributed by atoms with Crippen LogP contribution >= 0.6 is 11.8 Å². The summed E-state index contributed by atoms with van der Waals surface area (Å²) < 4.78 is 37.9. The first-order chi connectivity index (χ1) is 9.97. The maximum absolute atomic E-state index is 12.1. The number of amides is 1. The minimum atomic E-state index is -4.25. The van der Waals surface area contributed by atoms with Crippen LogP contribution in [0.4, 0.5) is 13.2 Å². The molecule has 2 heterocycles. The molecule has 0 aliphatic carbocycles. The quantitative estimate of drug-likeness (QED) is 0.819. The first-order valence-corrected chi connectivity index (χ1v) is 7.82. The highest BCUT2D eigenvalue weighted by atomic mass is 32.2. The number of nitrogens with one attached hydrogen (secondary N) is 2. The topological polar surface area (TPSA) is 46.1 Å². The van der Waals surface area contributed by atoms with Gasteiger partial charge >= 0.3 is 5.51 Å². The molecular formula is C13H18F3N3OS. The van der Waals surface area contributed by atoms with E-state index in [-0.39, 0.29) is 36.0 Å². The zero-order chi connectivity index (χ0) is 15.3. The van der Waals surface area contributed by atoms with Crippen molar-refractivity contribution in [3.63, 3.8) is 0 Å². The Labute approximate surface area is 125 Å². The van der Waals surface area contributed by atoms with Gasteiger partial charge in [-0.25, -0.2) is 0 Å². The number of aromatic nitrogens is 1. The molecule has 1 amide bonds. The summed E-state index contributed by atoms with van der Waals surface area (Å²) in [6.07, 6.45) is 3.74. The van der Waals surface area contributed by atoms with Crippen LogP contribution in [0.1, 0.15) is 29.4 Å². The van der Waals surface area contributed by atoms with E-state index in [0.29, 0.717) is 5.69 Å². The third kappa shape index (κ3) is 4.96. The van der Waals surface area contributed by atoms with Crippen LogP contribution in [0, 0.1) is 0 Å². The summed E-state index contributed by atoms with van der Waals surface area (Å²) in [5.41, 5.74) is -3.74. The van der Waals surface area contributed by atoms with Crippen LogP contribution in [-0.4, -0.2) is 41.4 Å². The molecular weight excluding hydrogens is 303 g/mol. The smallest absolute Gasteiger partial charge is 0.350 e. The SMILES string of the molecule is O=C(NCCSC(F)(F)F)c1cccn1C1CCNCC1. The maximum atomic E-state index is 12.1. The normalized spacial score (nSPS) is 16.9. The molecule has 0 saturated carbocycles. The van der Waals surface area contributed by atoms with Crippen molar-refractivity contribution in [2.75, 3.05) is 25.4 Å². The van der Waals surface area contributed by atoms with Crippen molar-refractivity contribution in [1.82, 2.24) is 15.2 Å². The summed E-state index contributed by atoms with van der Waals surface area (Å²) in [5.74, 6) is -0.496. The lowest BCUT2D eigenvalue weighted by Gasteiger charge is -2.25. The van der Waals surface area contributed by atoms with E-state index in [1.165, 1.54) is 0 Å². The maximum Gasteiger partial charge on any atom is 0.441 e. The molecule has 118 valence electrons. The Bertz CT molecular complexity index is 469. The third-order valence-electron chi connectivity index (χ3n) is 3.37. The van der Waals surface area contributed by atoms with Crippen LogP contribution in [0.25, 0.3) is 0 Å². The molecule has 2 rings (SSSR count). The Balaban J connectivity index is 1.86. The van der Waals surface area contributed by atoms with Gasteiger partial charge < -0.3 is 15.2 Å². The van der Waals surface area contributed by atoms with Crippen molar-refractivity contribution in [2.24, 2.45) is 0 Å². The van der Waals surface area contributed by atoms with Crippen molar-refractivity contribution in [1.29, 1.82) is 0 Å². The Morgan fingerprint density at radius 3 is 2.81 bits per heavy atom. The van der Waals surface area contributed by atoms with Crippen molar-refractivity contribution >= 4 is 17.7 Å². The summed E-state index contributed by atoms with van der Waals surface area (Å²) in [5, 5.41) is 5.80. The van der Waals surface area contributed by atoms with E-state index in [1.54, 1.807) is 12.1 Å². The molecule has 1 saturated heterocycles. The predicted molar refractivity (Wildman–Crippen MR) is 76.4 cm³/mol. The number of piperidine rings is 1. The molecule has 0 bridgehead atoms. The average molecular weight is 321 g/mol. The second kappa shape index (κ2) is 7.22. The van der Waals surface area contributed by atoms with E-state index < -0.39 is 5.51 Å². The minimum Gasteiger partial charge on any atom is -0.350 e. The Morgan fingerprint density at radius 2 is 2.14 bits per heavy atom. The standard InChI is InChI=1S/C13H18F3N3OS/c14-13(15,16)21-9-7-18-12(20)11-2-1-8-19(11)10-3-5-17-6-4-10/h1-2,8,10,17H,3-7,9H2,(H,18,20). The first kappa shape index (κ1) is 16.2. The Kier molecular flexibility index (Phi) is 5.58. The molecule has 1 aliphatic rings. The minimum absolute atomic E-state index is 0.000409. The molecule has 21 heavy (non-hydrogen) atoms. The molecule has 0 radical (unpaired) electrons. The van der Waals surface area contributed by atoms with Gasteiger partial charge in [0.05, 0.1) is 0 Å². The lowest BCUT2D eigenvalue weighted by molar-refractivity contribution is -0.0327. The average Bonchev–Trinajstić information content (AvgIpc) is 2.93. The fourth-order valence-electron chi connectivity index (χ4n) is 2.41. The number of hydrogen-bond donors (Lipinski definition) is 2. The second-order valence-electron chi connectivity index (χ2n) is 4.83. The number of carbonyl (C=O) groups excluding carboxylic acids is 1. The van der Waals surface area contributed by atoms with Crippen LogP contribution in [0.3, 0.4) is 0 Å². The molecule has 1 aromatic heterocycles. The van der Waals surface area contributed by atoms with Gasteiger partial charge in [-0.05, 0) is 49.8 Å². The molecule has 1 aliphatic heterocycles. The molecule has 0 spiro atoms. The molecule has 1 aromatic rings. The van der Waals surface area contributed by atoms with Gasteiger partial charge in [0.15, 0.2) is 0 Å². The predicted octanol–water partition coefficient (Wildman–Crippen LogP) is 2.40. The zero-order valence-corrected chi connectivity index (χ0v) is 12.3. The molecule has 1 fully saturated rings. The van der Waals surface area contributed by atoms with Crippen LogP contribution in [-0.2, 0) is 0 Å². The van der Waals surface area contributed by atoms with Crippen LogP contribution in [0.2, 0.25) is 0 Å². The molecule has 8 heteroatoms. The highest BCUT2D eigenvalue weighted by Gasteiger charge is 2.27. The van der Waals surface area contributed by atoms with Crippen molar-refractivity contribution in [3.8, 4) is 0 Å². The number of carbonyl (C=O) groups is 1. The van der Waals surface area contributed by atoms with Gasteiger partial charge in [0.1, 0.15) is 5.69 Å². The molecule has 0 unspecified atom stereocenters. The zero-order valence-electron chi connectivity index (χ0n) is 11.4. The fourth-order valence-corrected chi connectivity index (χ4v) is 2.85. The largest absolute Gasteiger partial charge is 0.441 e. The van der Waals surface area contributed by atoms with E-state index in [0.717, 1.165) is 25.9 Å². The first-order valence-electron chi connectivity index (χ1n) is 6.84. The summed E-state index contributed by atoms with van der Waals surface area (Å²) in [4.78, 5) is 12.1. The van der Waals surface area contributed by atoms with Crippen molar-refractivity contribution < 1.29 is 18.0 Å². The Morgan fingerprint density at radius 1 is 1.43 bits per heavy atom. The molecule has 2 N–H and O–H groups in total.